The molecule has 0 radical (unpaired) electrons. The summed E-state index contributed by atoms with van der Waals surface area (Å²) in [5, 5.41) is 3.81. The second-order valence-electron chi connectivity index (χ2n) is 5.94. The molecule has 5 nitrogen and oxygen atoms in total. The minimum Gasteiger partial charge on any atom is -0.494 e. The minimum atomic E-state index is -4.43. The third kappa shape index (κ3) is 5.25. The normalized spacial score (nSPS) is 11.6. The van der Waals surface area contributed by atoms with E-state index in [9.17, 15) is 18.0 Å². The van der Waals surface area contributed by atoms with Crippen molar-refractivity contribution in [3.05, 3.63) is 77.6 Å². The Hall–Kier alpha value is -3.55. The van der Waals surface area contributed by atoms with Gasteiger partial charge in [-0.2, -0.15) is 18.3 Å². The molecule has 0 saturated heterocycles. The summed E-state index contributed by atoms with van der Waals surface area (Å²) >= 11 is 0. The lowest BCUT2D eigenvalue weighted by atomic mass is 10.1. The molecule has 0 aliphatic heterocycles. The highest BCUT2D eigenvalue weighted by Crippen LogP contribution is 2.32. The van der Waals surface area contributed by atoms with Crippen molar-refractivity contribution in [1.82, 2.24) is 5.43 Å². The Bertz CT molecular complexity index is 1010. The number of rotatable bonds is 6. The summed E-state index contributed by atoms with van der Waals surface area (Å²) in [5.74, 6) is 0.777. The van der Waals surface area contributed by atoms with Crippen molar-refractivity contribution in [3.8, 4) is 17.1 Å². The number of ether oxygens (including phenoxy) is 1. The average Bonchev–Trinajstić information content (AvgIpc) is 3.17. The zero-order chi connectivity index (χ0) is 20.9. The van der Waals surface area contributed by atoms with E-state index in [2.05, 4.69) is 10.5 Å². The molecule has 0 bridgehead atoms. The Kier molecular flexibility index (Phi) is 6.01. The maximum atomic E-state index is 12.8. The largest absolute Gasteiger partial charge is 0.494 e. The lowest BCUT2D eigenvalue weighted by Gasteiger charge is -2.07. The third-order valence-corrected chi connectivity index (χ3v) is 3.89. The number of hydrogen-bond acceptors (Lipinski definition) is 4. The van der Waals surface area contributed by atoms with Crippen LogP contribution in [0.2, 0.25) is 0 Å². The SMILES string of the molecule is CCOc1ccc(C(=O)N/N=C\c2ccc(-c3cccc(C(F)(F)F)c3)o2)cc1. The van der Waals surface area contributed by atoms with E-state index in [-0.39, 0.29) is 17.1 Å². The highest BCUT2D eigenvalue weighted by molar-refractivity contribution is 5.94. The lowest BCUT2D eigenvalue weighted by Crippen LogP contribution is -2.17. The maximum Gasteiger partial charge on any atom is 0.416 e. The molecule has 2 aromatic carbocycles. The number of nitrogens with zero attached hydrogens (tertiary/aromatic N) is 1. The summed E-state index contributed by atoms with van der Waals surface area (Å²) in [7, 11) is 0. The summed E-state index contributed by atoms with van der Waals surface area (Å²) in [4.78, 5) is 12.1. The molecule has 0 aliphatic carbocycles. The Balaban J connectivity index is 1.64. The number of benzene rings is 2. The highest BCUT2D eigenvalue weighted by Gasteiger charge is 2.30. The van der Waals surface area contributed by atoms with Gasteiger partial charge >= 0.3 is 6.18 Å². The fourth-order valence-corrected chi connectivity index (χ4v) is 2.51. The van der Waals surface area contributed by atoms with Crippen molar-refractivity contribution >= 4 is 12.1 Å². The molecule has 3 aromatic rings. The van der Waals surface area contributed by atoms with E-state index in [4.69, 9.17) is 9.15 Å². The monoisotopic (exact) mass is 402 g/mol. The van der Waals surface area contributed by atoms with Crippen LogP contribution in [0.1, 0.15) is 28.6 Å². The Labute approximate surface area is 164 Å². The van der Waals surface area contributed by atoms with E-state index in [1.807, 2.05) is 6.92 Å². The van der Waals surface area contributed by atoms with Crippen LogP contribution < -0.4 is 10.2 Å². The number of carbonyl (C=O) groups is 1. The molecular weight excluding hydrogens is 385 g/mol. The van der Waals surface area contributed by atoms with Crippen LogP contribution in [0.4, 0.5) is 13.2 Å². The summed E-state index contributed by atoms with van der Waals surface area (Å²) in [5.41, 5.74) is 2.29. The predicted molar refractivity (Wildman–Crippen MR) is 102 cm³/mol. The Morgan fingerprint density at radius 3 is 2.59 bits per heavy atom. The molecule has 3 rings (SSSR count). The van der Waals surface area contributed by atoms with Crippen LogP contribution in [-0.2, 0) is 6.18 Å². The second-order valence-corrected chi connectivity index (χ2v) is 5.94. The predicted octanol–water partition coefficient (Wildman–Crippen LogP) is 5.13. The van der Waals surface area contributed by atoms with Crippen LogP contribution in [-0.4, -0.2) is 18.7 Å². The number of furan rings is 1. The molecule has 1 amide bonds. The minimum absolute atomic E-state index is 0.260. The topological polar surface area (TPSA) is 63.8 Å². The van der Waals surface area contributed by atoms with Gasteiger partial charge < -0.3 is 9.15 Å². The van der Waals surface area contributed by atoms with Gasteiger partial charge in [-0.15, -0.1) is 0 Å². The third-order valence-electron chi connectivity index (χ3n) is 3.89. The fraction of sp³-hybridized carbons (Fsp3) is 0.143. The van der Waals surface area contributed by atoms with Crippen molar-refractivity contribution in [3.63, 3.8) is 0 Å². The van der Waals surface area contributed by atoms with Crippen molar-refractivity contribution in [2.75, 3.05) is 6.61 Å². The molecule has 8 heteroatoms. The lowest BCUT2D eigenvalue weighted by molar-refractivity contribution is -0.137. The quantitative estimate of drug-likeness (QED) is 0.459. The summed E-state index contributed by atoms with van der Waals surface area (Å²) in [6.07, 6.45) is -3.17. The van der Waals surface area contributed by atoms with E-state index in [0.717, 1.165) is 12.1 Å². The van der Waals surface area contributed by atoms with Crippen molar-refractivity contribution in [1.29, 1.82) is 0 Å². The second kappa shape index (κ2) is 8.64. The van der Waals surface area contributed by atoms with E-state index in [0.29, 0.717) is 17.9 Å². The van der Waals surface area contributed by atoms with Gasteiger partial charge in [0.2, 0.25) is 0 Å². The average molecular weight is 402 g/mol. The van der Waals surface area contributed by atoms with Gasteiger partial charge in [-0.25, -0.2) is 5.43 Å². The van der Waals surface area contributed by atoms with Gasteiger partial charge in [0.1, 0.15) is 17.3 Å². The first-order valence-electron chi connectivity index (χ1n) is 8.70. The van der Waals surface area contributed by atoms with Crippen LogP contribution in [0.5, 0.6) is 5.75 Å². The van der Waals surface area contributed by atoms with Gasteiger partial charge in [-0.3, -0.25) is 4.79 Å². The summed E-state index contributed by atoms with van der Waals surface area (Å²) in [6.45, 7) is 2.39. The number of carbonyl (C=O) groups excluding carboxylic acids is 1. The van der Waals surface area contributed by atoms with Gasteiger partial charge in [-0.05, 0) is 55.5 Å². The molecule has 0 fully saturated rings. The number of alkyl halides is 3. The van der Waals surface area contributed by atoms with Crippen LogP contribution in [0.25, 0.3) is 11.3 Å². The molecule has 29 heavy (non-hydrogen) atoms. The van der Waals surface area contributed by atoms with Gasteiger partial charge in [0.15, 0.2) is 0 Å². The molecular formula is C21H17F3N2O3. The van der Waals surface area contributed by atoms with Gasteiger partial charge in [0.05, 0.1) is 18.4 Å². The molecule has 0 unspecified atom stereocenters. The number of halogens is 3. The Morgan fingerprint density at radius 2 is 1.90 bits per heavy atom. The van der Waals surface area contributed by atoms with E-state index < -0.39 is 17.6 Å². The zero-order valence-corrected chi connectivity index (χ0v) is 15.4. The standard InChI is InChI=1S/C21H17F3N2O3/c1-2-28-17-8-6-14(7-9-17)20(27)26-25-13-18-10-11-19(29-18)15-4-3-5-16(12-15)21(22,23)24/h3-13H,2H2,1H3,(H,26,27)/b25-13-. The number of amides is 1. The van der Waals surface area contributed by atoms with E-state index >= 15 is 0 Å². The van der Waals surface area contributed by atoms with Crippen LogP contribution in [0.3, 0.4) is 0 Å². The number of nitrogens with one attached hydrogen (secondary N) is 1. The molecule has 0 spiro atoms. The van der Waals surface area contributed by atoms with Crippen LogP contribution >= 0.6 is 0 Å². The van der Waals surface area contributed by atoms with Gasteiger partial charge in [-0.1, -0.05) is 12.1 Å². The molecule has 150 valence electrons. The van der Waals surface area contributed by atoms with Crippen molar-refractivity contribution in [2.45, 2.75) is 13.1 Å². The summed E-state index contributed by atoms with van der Waals surface area (Å²) < 4.78 is 49.3. The number of hydrazone groups is 1. The molecule has 1 heterocycles. The van der Waals surface area contributed by atoms with Crippen LogP contribution in [0, 0.1) is 0 Å². The molecule has 1 aromatic heterocycles. The zero-order valence-electron chi connectivity index (χ0n) is 15.4. The summed E-state index contributed by atoms with van der Waals surface area (Å²) in [6, 6.07) is 14.5. The first-order valence-corrected chi connectivity index (χ1v) is 8.70. The first kappa shape index (κ1) is 20.2. The van der Waals surface area contributed by atoms with Gasteiger partial charge in [0.25, 0.3) is 5.91 Å². The first-order chi connectivity index (χ1) is 13.9. The molecule has 0 aliphatic rings. The van der Waals surface area contributed by atoms with E-state index in [1.54, 1.807) is 30.3 Å². The molecule has 0 atom stereocenters. The molecule has 0 saturated carbocycles. The van der Waals surface area contributed by atoms with E-state index in [1.165, 1.54) is 24.4 Å². The van der Waals surface area contributed by atoms with Crippen LogP contribution in [0.15, 0.2) is 70.2 Å². The van der Waals surface area contributed by atoms with Crippen molar-refractivity contribution in [2.24, 2.45) is 5.10 Å². The Morgan fingerprint density at radius 1 is 1.14 bits per heavy atom. The fourth-order valence-electron chi connectivity index (χ4n) is 2.51. The molecule has 1 N–H and O–H groups in total. The highest BCUT2D eigenvalue weighted by atomic mass is 19.4. The van der Waals surface area contributed by atoms with Gasteiger partial charge in [0, 0.05) is 11.1 Å². The number of hydrogen-bond donors (Lipinski definition) is 1. The smallest absolute Gasteiger partial charge is 0.416 e. The van der Waals surface area contributed by atoms with Crippen molar-refractivity contribution < 1.29 is 27.1 Å². The maximum absolute atomic E-state index is 12.8.